The van der Waals surface area contributed by atoms with Gasteiger partial charge in [-0.1, -0.05) is 0 Å². The van der Waals surface area contributed by atoms with E-state index in [1.807, 2.05) is 0 Å². The third kappa shape index (κ3) is 3.06. The molecule has 0 saturated carbocycles. The summed E-state index contributed by atoms with van der Waals surface area (Å²) in [4.78, 5) is 15.8. The third-order valence-corrected chi connectivity index (χ3v) is 0.581. The average molecular weight is 122 g/mol. The van der Waals surface area contributed by atoms with Crippen molar-refractivity contribution < 1.29 is 0 Å². The van der Waals surface area contributed by atoms with Crippen LogP contribution in [0.4, 0.5) is 0 Å². The first-order valence-electron chi connectivity index (χ1n) is 2.22. The SMILES string of the molecule is C#C.O=c1nccc[nH]1. The Morgan fingerprint density at radius 3 is 2.44 bits per heavy atom. The molecule has 0 amide bonds. The third-order valence-electron chi connectivity index (χ3n) is 0.581. The van der Waals surface area contributed by atoms with Gasteiger partial charge in [-0.15, -0.1) is 12.8 Å². The molecular weight excluding hydrogens is 116 g/mol. The van der Waals surface area contributed by atoms with E-state index in [0.717, 1.165) is 0 Å². The Morgan fingerprint density at radius 1 is 1.56 bits per heavy atom. The molecule has 1 N–H and O–H groups in total. The molecule has 0 aliphatic carbocycles. The summed E-state index contributed by atoms with van der Waals surface area (Å²) in [5.74, 6) is 0. The molecule has 9 heavy (non-hydrogen) atoms. The zero-order valence-corrected chi connectivity index (χ0v) is 4.74. The van der Waals surface area contributed by atoms with E-state index in [1.165, 1.54) is 12.4 Å². The molecule has 0 radical (unpaired) electrons. The van der Waals surface area contributed by atoms with Gasteiger partial charge in [-0.2, -0.15) is 0 Å². The lowest BCUT2D eigenvalue weighted by molar-refractivity contribution is 1.08. The van der Waals surface area contributed by atoms with Crippen molar-refractivity contribution in [2.24, 2.45) is 0 Å². The van der Waals surface area contributed by atoms with Gasteiger partial charge in [0.25, 0.3) is 0 Å². The molecular formula is C6H6N2O. The summed E-state index contributed by atoms with van der Waals surface area (Å²) >= 11 is 0. The molecule has 46 valence electrons. The summed E-state index contributed by atoms with van der Waals surface area (Å²) in [7, 11) is 0. The van der Waals surface area contributed by atoms with Gasteiger partial charge in [-0.25, -0.2) is 9.78 Å². The van der Waals surface area contributed by atoms with Gasteiger partial charge in [0, 0.05) is 12.4 Å². The fourth-order valence-corrected chi connectivity index (χ4v) is 0.310. The smallest absolute Gasteiger partial charge is 0.313 e. The van der Waals surface area contributed by atoms with Crippen LogP contribution in [0.5, 0.6) is 0 Å². The van der Waals surface area contributed by atoms with Gasteiger partial charge in [-0.3, -0.25) is 0 Å². The largest absolute Gasteiger partial charge is 0.344 e. The predicted octanol–water partition coefficient (Wildman–Crippen LogP) is 0.0193. The summed E-state index contributed by atoms with van der Waals surface area (Å²) in [6.45, 7) is 0. The van der Waals surface area contributed by atoms with Crippen LogP contribution in [0, 0.1) is 12.8 Å². The number of nitrogens with zero attached hydrogens (tertiary/aromatic N) is 1. The highest BCUT2D eigenvalue weighted by molar-refractivity contribution is 4.75. The second-order valence-corrected chi connectivity index (χ2v) is 1.09. The number of hydrogen-bond acceptors (Lipinski definition) is 2. The minimum absolute atomic E-state index is 0.303. The summed E-state index contributed by atoms with van der Waals surface area (Å²) in [5.41, 5.74) is -0.303. The Bertz CT molecular complexity index is 208. The molecule has 3 heteroatoms. The van der Waals surface area contributed by atoms with Crippen molar-refractivity contribution in [3.8, 4) is 12.8 Å². The van der Waals surface area contributed by atoms with Crippen molar-refractivity contribution in [1.82, 2.24) is 9.97 Å². The first kappa shape index (κ1) is 7.44. The van der Waals surface area contributed by atoms with Crippen molar-refractivity contribution in [3.63, 3.8) is 0 Å². The van der Waals surface area contributed by atoms with Crippen molar-refractivity contribution in [2.75, 3.05) is 0 Å². The van der Waals surface area contributed by atoms with Crippen LogP contribution in [-0.2, 0) is 0 Å². The Kier molecular flexibility index (Phi) is 3.80. The average Bonchev–Trinajstić information content (AvgIpc) is 1.94. The van der Waals surface area contributed by atoms with Crippen molar-refractivity contribution >= 4 is 0 Å². The van der Waals surface area contributed by atoms with E-state index < -0.39 is 0 Å². The zero-order chi connectivity index (χ0) is 7.11. The molecule has 0 atom stereocenters. The molecule has 0 spiro atoms. The predicted molar refractivity (Wildman–Crippen MR) is 34.7 cm³/mol. The normalized spacial score (nSPS) is 6.89. The topological polar surface area (TPSA) is 45.8 Å². The maximum atomic E-state index is 10.1. The first-order chi connectivity index (χ1) is 4.39. The Morgan fingerprint density at radius 2 is 2.22 bits per heavy atom. The molecule has 1 aromatic rings. The standard InChI is InChI=1S/C4H4N2O.C2H2/c7-4-5-2-1-3-6-4;1-2/h1-3H,(H,5,6,7);1-2H. The summed E-state index contributed by atoms with van der Waals surface area (Å²) in [6, 6.07) is 1.65. The van der Waals surface area contributed by atoms with E-state index in [2.05, 4.69) is 22.8 Å². The van der Waals surface area contributed by atoms with Gasteiger partial charge < -0.3 is 4.98 Å². The van der Waals surface area contributed by atoms with Crippen LogP contribution < -0.4 is 5.69 Å². The summed E-state index contributed by atoms with van der Waals surface area (Å²) < 4.78 is 0. The second-order valence-electron chi connectivity index (χ2n) is 1.09. The van der Waals surface area contributed by atoms with Gasteiger partial charge in [0.2, 0.25) is 0 Å². The minimum Gasteiger partial charge on any atom is -0.313 e. The fraction of sp³-hybridized carbons (Fsp3) is 0. The van der Waals surface area contributed by atoms with Crippen LogP contribution in [0.1, 0.15) is 0 Å². The lowest BCUT2D eigenvalue weighted by Gasteiger charge is -1.72. The van der Waals surface area contributed by atoms with Crippen molar-refractivity contribution in [3.05, 3.63) is 28.9 Å². The van der Waals surface area contributed by atoms with Crippen LogP contribution in [0.3, 0.4) is 0 Å². The maximum absolute atomic E-state index is 10.1. The van der Waals surface area contributed by atoms with Gasteiger partial charge in [-0.05, 0) is 6.07 Å². The van der Waals surface area contributed by atoms with E-state index in [9.17, 15) is 4.79 Å². The van der Waals surface area contributed by atoms with Crippen LogP contribution in [0.25, 0.3) is 0 Å². The summed E-state index contributed by atoms with van der Waals surface area (Å²) in [6.07, 6.45) is 11.0. The number of rotatable bonds is 0. The number of aromatic amines is 1. The first-order valence-corrected chi connectivity index (χ1v) is 2.22. The van der Waals surface area contributed by atoms with Gasteiger partial charge in [0.05, 0.1) is 0 Å². The quantitative estimate of drug-likeness (QED) is 0.493. The molecule has 3 nitrogen and oxygen atoms in total. The second kappa shape index (κ2) is 4.60. The molecule has 0 fully saturated rings. The van der Waals surface area contributed by atoms with E-state index >= 15 is 0 Å². The van der Waals surface area contributed by atoms with Crippen LogP contribution in [-0.4, -0.2) is 9.97 Å². The molecule has 0 aromatic carbocycles. The number of nitrogens with one attached hydrogen (secondary N) is 1. The monoisotopic (exact) mass is 122 g/mol. The van der Waals surface area contributed by atoms with E-state index in [1.54, 1.807) is 6.07 Å². The highest BCUT2D eigenvalue weighted by atomic mass is 16.1. The molecule has 0 aliphatic heterocycles. The highest BCUT2D eigenvalue weighted by Crippen LogP contribution is 1.60. The van der Waals surface area contributed by atoms with Crippen molar-refractivity contribution in [2.45, 2.75) is 0 Å². The number of terminal acetylenes is 1. The lowest BCUT2D eigenvalue weighted by atomic mass is 10.7. The van der Waals surface area contributed by atoms with Gasteiger partial charge >= 0.3 is 5.69 Å². The highest BCUT2D eigenvalue weighted by Gasteiger charge is 1.70. The molecule has 0 bridgehead atoms. The molecule has 1 rings (SSSR count). The number of hydrogen-bond donors (Lipinski definition) is 1. The van der Waals surface area contributed by atoms with Crippen LogP contribution in [0.15, 0.2) is 23.3 Å². The van der Waals surface area contributed by atoms with Gasteiger partial charge in [0.1, 0.15) is 0 Å². The Hall–Kier alpha value is -1.56. The van der Waals surface area contributed by atoms with Crippen LogP contribution >= 0.6 is 0 Å². The lowest BCUT2D eigenvalue weighted by Crippen LogP contribution is -2.05. The molecule has 0 saturated heterocycles. The molecule has 1 heterocycles. The molecule has 0 unspecified atom stereocenters. The number of aromatic nitrogens is 2. The van der Waals surface area contributed by atoms with E-state index in [-0.39, 0.29) is 5.69 Å². The number of H-pyrrole nitrogens is 1. The van der Waals surface area contributed by atoms with E-state index in [4.69, 9.17) is 0 Å². The Balaban J connectivity index is 0.000000291. The van der Waals surface area contributed by atoms with Gasteiger partial charge in [0.15, 0.2) is 0 Å². The van der Waals surface area contributed by atoms with Crippen LogP contribution in [0.2, 0.25) is 0 Å². The molecule has 1 aromatic heterocycles. The van der Waals surface area contributed by atoms with Crippen molar-refractivity contribution in [1.29, 1.82) is 0 Å². The molecule has 0 aliphatic rings. The Labute approximate surface area is 52.8 Å². The maximum Gasteiger partial charge on any atom is 0.344 e. The van der Waals surface area contributed by atoms with E-state index in [0.29, 0.717) is 0 Å². The summed E-state index contributed by atoms with van der Waals surface area (Å²) in [5, 5.41) is 0. The zero-order valence-electron chi connectivity index (χ0n) is 4.74. The fourth-order valence-electron chi connectivity index (χ4n) is 0.310. The minimum atomic E-state index is -0.303.